The first kappa shape index (κ1) is 18.9. The van der Waals surface area contributed by atoms with Gasteiger partial charge in [-0.1, -0.05) is 6.07 Å². The number of amides is 1. The van der Waals surface area contributed by atoms with E-state index in [0.717, 1.165) is 9.87 Å². The fourth-order valence-corrected chi connectivity index (χ4v) is 3.35. The Morgan fingerprint density at radius 1 is 1.26 bits per heavy atom. The largest absolute Gasteiger partial charge is 0.493 e. The molecule has 0 unspecified atom stereocenters. The first-order chi connectivity index (χ1) is 12.8. The Morgan fingerprint density at radius 3 is 2.63 bits per heavy atom. The SMILES string of the molecule is COc1ccc(C(=O)Nc2ncccc2C)c2cc(S(=O)(=O)N(C)C)oc12. The number of carbonyl (C=O) groups is 1. The second-order valence-electron chi connectivity index (χ2n) is 6.03. The number of ether oxygens (including phenoxy) is 1. The molecule has 1 N–H and O–H groups in total. The van der Waals surface area contributed by atoms with E-state index < -0.39 is 15.9 Å². The van der Waals surface area contributed by atoms with Crippen molar-refractivity contribution in [3.63, 3.8) is 0 Å². The van der Waals surface area contributed by atoms with Crippen LogP contribution in [0.5, 0.6) is 5.75 Å². The summed E-state index contributed by atoms with van der Waals surface area (Å²) >= 11 is 0. The molecule has 2 heterocycles. The van der Waals surface area contributed by atoms with Crippen molar-refractivity contribution < 1.29 is 22.4 Å². The molecule has 9 heteroatoms. The van der Waals surface area contributed by atoms with Crippen LogP contribution in [0.3, 0.4) is 0 Å². The monoisotopic (exact) mass is 389 g/mol. The molecule has 3 rings (SSSR count). The zero-order valence-corrected chi connectivity index (χ0v) is 16.1. The lowest BCUT2D eigenvalue weighted by atomic mass is 10.1. The molecule has 0 atom stereocenters. The lowest BCUT2D eigenvalue weighted by Crippen LogP contribution is -2.21. The number of fused-ring (bicyclic) bond motifs is 1. The number of nitrogens with zero attached hydrogens (tertiary/aromatic N) is 2. The first-order valence-corrected chi connectivity index (χ1v) is 9.45. The van der Waals surface area contributed by atoms with E-state index in [1.165, 1.54) is 27.3 Å². The zero-order chi connectivity index (χ0) is 19.8. The Labute approximate surface area is 156 Å². The second kappa shape index (κ2) is 7.01. The summed E-state index contributed by atoms with van der Waals surface area (Å²) < 4.78 is 36.6. The fourth-order valence-electron chi connectivity index (χ4n) is 2.53. The van der Waals surface area contributed by atoms with Crippen LogP contribution in [0.15, 0.2) is 46.0 Å². The van der Waals surface area contributed by atoms with Crippen LogP contribution in [0.2, 0.25) is 0 Å². The van der Waals surface area contributed by atoms with Crippen molar-refractivity contribution in [2.45, 2.75) is 12.0 Å². The first-order valence-electron chi connectivity index (χ1n) is 8.01. The lowest BCUT2D eigenvalue weighted by molar-refractivity contribution is 0.102. The molecule has 0 saturated heterocycles. The Bertz CT molecular complexity index is 1120. The predicted molar refractivity (Wildman–Crippen MR) is 101 cm³/mol. The van der Waals surface area contributed by atoms with Gasteiger partial charge in [-0.15, -0.1) is 0 Å². The molecule has 0 saturated carbocycles. The molecule has 2 aromatic heterocycles. The minimum atomic E-state index is -3.80. The summed E-state index contributed by atoms with van der Waals surface area (Å²) in [5.41, 5.74) is 1.24. The van der Waals surface area contributed by atoms with Gasteiger partial charge in [-0.2, -0.15) is 0 Å². The number of aryl methyl sites for hydroxylation is 1. The molecular formula is C18H19N3O5S. The summed E-state index contributed by atoms with van der Waals surface area (Å²) in [6.07, 6.45) is 1.58. The number of anilines is 1. The van der Waals surface area contributed by atoms with E-state index in [1.807, 2.05) is 13.0 Å². The number of methoxy groups -OCH3 is 1. The van der Waals surface area contributed by atoms with Crippen molar-refractivity contribution in [1.82, 2.24) is 9.29 Å². The average Bonchev–Trinajstić information content (AvgIpc) is 3.08. The van der Waals surface area contributed by atoms with Gasteiger partial charge in [0.05, 0.1) is 12.7 Å². The Hall–Kier alpha value is -2.91. The molecule has 0 aliphatic heterocycles. The summed E-state index contributed by atoms with van der Waals surface area (Å²) in [5, 5.41) is 2.80. The molecule has 0 aliphatic carbocycles. The van der Waals surface area contributed by atoms with Crippen LogP contribution in [0, 0.1) is 6.92 Å². The smallest absolute Gasteiger partial charge is 0.275 e. The normalized spacial score (nSPS) is 11.7. The van der Waals surface area contributed by atoms with Crippen LogP contribution in [0.25, 0.3) is 11.0 Å². The highest BCUT2D eigenvalue weighted by Gasteiger charge is 2.26. The molecule has 0 spiro atoms. The van der Waals surface area contributed by atoms with Gasteiger partial charge in [0.2, 0.25) is 5.09 Å². The molecular weight excluding hydrogens is 370 g/mol. The van der Waals surface area contributed by atoms with Crippen molar-refractivity contribution in [2.75, 3.05) is 26.5 Å². The highest BCUT2D eigenvalue weighted by molar-refractivity contribution is 7.89. The summed E-state index contributed by atoms with van der Waals surface area (Å²) in [7, 11) is 0.434. The Morgan fingerprint density at radius 2 is 2.00 bits per heavy atom. The van der Waals surface area contributed by atoms with Crippen LogP contribution in [0.4, 0.5) is 5.82 Å². The minimum absolute atomic E-state index is 0.184. The Balaban J connectivity index is 2.12. The molecule has 0 bridgehead atoms. The lowest BCUT2D eigenvalue weighted by Gasteiger charge is -2.08. The van der Waals surface area contributed by atoms with Gasteiger partial charge in [0, 0.05) is 31.7 Å². The minimum Gasteiger partial charge on any atom is -0.493 e. The maximum atomic E-state index is 12.8. The van der Waals surface area contributed by atoms with Gasteiger partial charge in [-0.05, 0) is 30.7 Å². The van der Waals surface area contributed by atoms with E-state index in [1.54, 1.807) is 24.4 Å². The van der Waals surface area contributed by atoms with Gasteiger partial charge in [-0.25, -0.2) is 17.7 Å². The number of pyridine rings is 1. The van der Waals surface area contributed by atoms with Crippen LogP contribution < -0.4 is 10.1 Å². The van der Waals surface area contributed by atoms with E-state index in [2.05, 4.69) is 10.3 Å². The van der Waals surface area contributed by atoms with E-state index in [9.17, 15) is 13.2 Å². The summed E-state index contributed by atoms with van der Waals surface area (Å²) in [6, 6.07) is 8.03. The summed E-state index contributed by atoms with van der Waals surface area (Å²) in [5.74, 6) is 0.325. The fraction of sp³-hybridized carbons (Fsp3) is 0.222. The molecule has 27 heavy (non-hydrogen) atoms. The third kappa shape index (κ3) is 3.38. The van der Waals surface area contributed by atoms with Crippen molar-refractivity contribution in [3.05, 3.63) is 47.7 Å². The molecule has 1 amide bonds. The number of furan rings is 1. The van der Waals surface area contributed by atoms with Gasteiger partial charge >= 0.3 is 0 Å². The van der Waals surface area contributed by atoms with Crippen LogP contribution >= 0.6 is 0 Å². The summed E-state index contributed by atoms with van der Waals surface area (Å²) in [6.45, 7) is 1.83. The number of hydrogen-bond acceptors (Lipinski definition) is 6. The number of carbonyl (C=O) groups excluding carboxylic acids is 1. The molecule has 3 aromatic rings. The molecule has 0 aliphatic rings. The van der Waals surface area contributed by atoms with Crippen molar-refractivity contribution in [1.29, 1.82) is 0 Å². The maximum absolute atomic E-state index is 12.8. The third-order valence-corrected chi connectivity index (χ3v) is 5.74. The van der Waals surface area contributed by atoms with Crippen LogP contribution in [-0.4, -0.2) is 44.8 Å². The maximum Gasteiger partial charge on any atom is 0.275 e. The molecule has 1 aromatic carbocycles. The number of nitrogens with one attached hydrogen (secondary N) is 1. The average molecular weight is 389 g/mol. The number of rotatable bonds is 5. The number of hydrogen-bond donors (Lipinski definition) is 1. The topological polar surface area (TPSA) is 102 Å². The highest BCUT2D eigenvalue weighted by Crippen LogP contribution is 2.34. The van der Waals surface area contributed by atoms with Crippen LogP contribution in [0.1, 0.15) is 15.9 Å². The van der Waals surface area contributed by atoms with Gasteiger partial charge in [-0.3, -0.25) is 4.79 Å². The summed E-state index contributed by atoms with van der Waals surface area (Å²) in [4.78, 5) is 16.9. The number of sulfonamides is 1. The van der Waals surface area contributed by atoms with E-state index in [-0.39, 0.29) is 16.2 Å². The van der Waals surface area contributed by atoms with Crippen molar-refractivity contribution in [2.24, 2.45) is 0 Å². The quantitative estimate of drug-likeness (QED) is 0.720. The molecule has 8 nitrogen and oxygen atoms in total. The molecule has 0 fully saturated rings. The van der Waals surface area contributed by atoms with E-state index in [4.69, 9.17) is 9.15 Å². The van der Waals surface area contributed by atoms with Crippen molar-refractivity contribution in [3.8, 4) is 5.75 Å². The van der Waals surface area contributed by atoms with Crippen molar-refractivity contribution >= 4 is 32.7 Å². The predicted octanol–water partition coefficient (Wildman–Crippen LogP) is 2.65. The van der Waals surface area contributed by atoms with Gasteiger partial charge < -0.3 is 14.5 Å². The van der Waals surface area contributed by atoms with Gasteiger partial charge in [0.1, 0.15) is 5.82 Å². The van der Waals surface area contributed by atoms with Gasteiger partial charge in [0.25, 0.3) is 15.9 Å². The van der Waals surface area contributed by atoms with Gasteiger partial charge in [0.15, 0.2) is 11.3 Å². The third-order valence-electron chi connectivity index (χ3n) is 4.07. The Kier molecular flexibility index (Phi) is 4.90. The number of aromatic nitrogens is 1. The standard InChI is InChI=1S/C18H19N3O5S/c1-11-6-5-9-19-17(11)20-18(22)12-7-8-14(25-4)16-13(12)10-15(26-16)27(23,24)21(2)3/h5-10H,1-4H3,(H,19,20,22). The zero-order valence-electron chi connectivity index (χ0n) is 15.3. The van der Waals surface area contributed by atoms with Crippen LogP contribution in [-0.2, 0) is 10.0 Å². The van der Waals surface area contributed by atoms with E-state index in [0.29, 0.717) is 17.0 Å². The second-order valence-corrected chi connectivity index (χ2v) is 8.12. The van der Waals surface area contributed by atoms with E-state index >= 15 is 0 Å². The highest BCUT2D eigenvalue weighted by atomic mass is 32.2. The number of benzene rings is 1. The molecule has 142 valence electrons. The molecule has 0 radical (unpaired) electrons.